The lowest BCUT2D eigenvalue weighted by Crippen LogP contribution is -2.36. The van der Waals surface area contributed by atoms with Gasteiger partial charge in [0, 0.05) is 18.6 Å². The van der Waals surface area contributed by atoms with Crippen molar-refractivity contribution in [2.45, 2.75) is 45.7 Å². The molecule has 3 N–H and O–H groups in total. The summed E-state index contributed by atoms with van der Waals surface area (Å²) in [6, 6.07) is 0.898. The van der Waals surface area contributed by atoms with Crippen molar-refractivity contribution in [1.82, 2.24) is 5.32 Å². The van der Waals surface area contributed by atoms with Gasteiger partial charge in [0.05, 0.1) is 0 Å². The molecule has 10 heavy (non-hydrogen) atoms. The van der Waals surface area contributed by atoms with E-state index < -0.39 is 0 Å². The van der Waals surface area contributed by atoms with Crippen LogP contribution in [0.25, 0.3) is 0 Å². The van der Waals surface area contributed by atoms with E-state index in [1.807, 2.05) is 0 Å². The molecule has 0 aromatic heterocycles. The maximum atomic E-state index is 5.77. The second kappa shape index (κ2) is 5.69. The van der Waals surface area contributed by atoms with E-state index in [4.69, 9.17) is 5.73 Å². The summed E-state index contributed by atoms with van der Waals surface area (Å²) in [4.78, 5) is 0. The molecule has 0 radical (unpaired) electrons. The molecule has 1 unspecified atom stereocenters. The van der Waals surface area contributed by atoms with Crippen molar-refractivity contribution in [2.75, 3.05) is 6.54 Å². The number of hydrogen-bond donors (Lipinski definition) is 2. The Morgan fingerprint density at radius 1 is 1.40 bits per heavy atom. The fourth-order valence-electron chi connectivity index (χ4n) is 0.860. The van der Waals surface area contributed by atoms with E-state index in [1.54, 1.807) is 0 Å². The minimum atomic E-state index is 0.340. The zero-order valence-corrected chi connectivity index (χ0v) is 7.35. The van der Waals surface area contributed by atoms with Crippen LogP contribution in [0.3, 0.4) is 0 Å². The van der Waals surface area contributed by atoms with Crippen LogP contribution in [-0.4, -0.2) is 18.6 Å². The monoisotopic (exact) mass is 144 g/mol. The first kappa shape index (κ1) is 9.92. The summed E-state index contributed by atoms with van der Waals surface area (Å²) < 4.78 is 0. The lowest BCUT2D eigenvalue weighted by atomic mass is 10.2. The number of rotatable bonds is 5. The zero-order valence-electron chi connectivity index (χ0n) is 7.35. The number of hydrogen-bond acceptors (Lipinski definition) is 2. The average molecular weight is 144 g/mol. The van der Waals surface area contributed by atoms with E-state index in [-0.39, 0.29) is 0 Å². The first-order valence-electron chi connectivity index (χ1n) is 4.15. The quantitative estimate of drug-likeness (QED) is 0.606. The highest BCUT2D eigenvalue weighted by molar-refractivity contribution is 4.65. The molecule has 0 aromatic rings. The number of nitrogens with one attached hydrogen (secondary N) is 1. The van der Waals surface area contributed by atoms with Crippen molar-refractivity contribution in [1.29, 1.82) is 0 Å². The third-order valence-electron chi connectivity index (χ3n) is 1.45. The van der Waals surface area contributed by atoms with Crippen LogP contribution >= 0.6 is 0 Å². The Bertz CT molecular complexity index is 71.7. The first-order chi connectivity index (χ1) is 4.66. The smallest absolute Gasteiger partial charge is 0.0165 e. The fraction of sp³-hybridized carbons (Fsp3) is 1.00. The second-order valence-corrected chi connectivity index (χ2v) is 3.11. The molecule has 0 aliphatic heterocycles. The first-order valence-corrected chi connectivity index (χ1v) is 4.15. The molecule has 0 heterocycles. The Morgan fingerprint density at radius 3 is 2.40 bits per heavy atom. The molecule has 0 aromatic carbocycles. The van der Waals surface area contributed by atoms with Crippen molar-refractivity contribution >= 4 is 0 Å². The van der Waals surface area contributed by atoms with Gasteiger partial charge in [0.2, 0.25) is 0 Å². The van der Waals surface area contributed by atoms with Gasteiger partial charge in [0.25, 0.3) is 0 Å². The normalized spacial score (nSPS) is 14.1. The highest BCUT2D eigenvalue weighted by Gasteiger charge is 2.00. The SMILES string of the molecule is CCCC(N)CNC(C)C. The Labute approximate surface area is 64.2 Å². The molecule has 2 heteroatoms. The van der Waals surface area contributed by atoms with Crippen LogP contribution in [0.15, 0.2) is 0 Å². The van der Waals surface area contributed by atoms with Gasteiger partial charge < -0.3 is 11.1 Å². The molecular weight excluding hydrogens is 124 g/mol. The zero-order chi connectivity index (χ0) is 7.98. The van der Waals surface area contributed by atoms with Crippen LogP contribution in [0.1, 0.15) is 33.6 Å². The molecule has 1 atom stereocenters. The average Bonchev–Trinajstić information content (AvgIpc) is 1.85. The maximum Gasteiger partial charge on any atom is 0.0165 e. The standard InChI is InChI=1S/C8H20N2/c1-4-5-8(9)6-10-7(2)3/h7-8,10H,4-6,9H2,1-3H3. The van der Waals surface area contributed by atoms with E-state index in [0.717, 1.165) is 13.0 Å². The molecular formula is C8H20N2. The predicted molar refractivity (Wildman–Crippen MR) is 46.0 cm³/mol. The third kappa shape index (κ3) is 6.05. The van der Waals surface area contributed by atoms with Gasteiger partial charge in [-0.25, -0.2) is 0 Å². The van der Waals surface area contributed by atoms with Crippen molar-refractivity contribution in [3.63, 3.8) is 0 Å². The molecule has 0 saturated heterocycles. The van der Waals surface area contributed by atoms with Crippen LogP contribution < -0.4 is 11.1 Å². The molecule has 2 nitrogen and oxygen atoms in total. The topological polar surface area (TPSA) is 38.0 Å². The van der Waals surface area contributed by atoms with E-state index in [0.29, 0.717) is 12.1 Å². The van der Waals surface area contributed by atoms with Crippen molar-refractivity contribution < 1.29 is 0 Å². The fourth-order valence-corrected chi connectivity index (χ4v) is 0.860. The Kier molecular flexibility index (Phi) is 5.64. The summed E-state index contributed by atoms with van der Waals surface area (Å²) in [5, 5.41) is 3.31. The Balaban J connectivity index is 3.12. The minimum Gasteiger partial charge on any atom is -0.327 e. The van der Waals surface area contributed by atoms with Crippen LogP contribution in [0.4, 0.5) is 0 Å². The summed E-state index contributed by atoms with van der Waals surface area (Å²) in [5.74, 6) is 0. The van der Waals surface area contributed by atoms with Crippen LogP contribution in [0.5, 0.6) is 0 Å². The number of nitrogens with two attached hydrogens (primary N) is 1. The molecule has 0 amide bonds. The van der Waals surface area contributed by atoms with Gasteiger partial charge in [-0.1, -0.05) is 27.2 Å². The highest BCUT2D eigenvalue weighted by atomic mass is 14.9. The molecule has 0 bridgehead atoms. The largest absolute Gasteiger partial charge is 0.327 e. The Morgan fingerprint density at radius 2 is 2.00 bits per heavy atom. The van der Waals surface area contributed by atoms with Gasteiger partial charge in [-0.05, 0) is 6.42 Å². The van der Waals surface area contributed by atoms with Gasteiger partial charge in [0.15, 0.2) is 0 Å². The van der Waals surface area contributed by atoms with Crippen LogP contribution in [-0.2, 0) is 0 Å². The second-order valence-electron chi connectivity index (χ2n) is 3.11. The van der Waals surface area contributed by atoms with Gasteiger partial charge in [0.1, 0.15) is 0 Å². The van der Waals surface area contributed by atoms with Crippen LogP contribution in [0.2, 0.25) is 0 Å². The molecule has 0 saturated carbocycles. The molecule has 0 spiro atoms. The lowest BCUT2D eigenvalue weighted by molar-refractivity contribution is 0.501. The minimum absolute atomic E-state index is 0.340. The van der Waals surface area contributed by atoms with E-state index in [9.17, 15) is 0 Å². The lowest BCUT2D eigenvalue weighted by Gasteiger charge is -2.13. The summed E-state index contributed by atoms with van der Waals surface area (Å²) in [6.45, 7) is 7.39. The van der Waals surface area contributed by atoms with E-state index in [1.165, 1.54) is 6.42 Å². The Hall–Kier alpha value is -0.0800. The van der Waals surface area contributed by atoms with Gasteiger partial charge in [-0.2, -0.15) is 0 Å². The van der Waals surface area contributed by atoms with Crippen molar-refractivity contribution in [3.8, 4) is 0 Å². The van der Waals surface area contributed by atoms with Crippen molar-refractivity contribution in [3.05, 3.63) is 0 Å². The molecule has 0 rings (SSSR count). The van der Waals surface area contributed by atoms with E-state index >= 15 is 0 Å². The molecule has 0 aliphatic carbocycles. The van der Waals surface area contributed by atoms with Gasteiger partial charge in [-0.15, -0.1) is 0 Å². The van der Waals surface area contributed by atoms with Gasteiger partial charge >= 0.3 is 0 Å². The molecule has 62 valence electrons. The summed E-state index contributed by atoms with van der Waals surface area (Å²) in [6.07, 6.45) is 2.31. The van der Waals surface area contributed by atoms with Crippen LogP contribution in [0, 0.1) is 0 Å². The van der Waals surface area contributed by atoms with E-state index in [2.05, 4.69) is 26.1 Å². The maximum absolute atomic E-state index is 5.77. The summed E-state index contributed by atoms with van der Waals surface area (Å²) in [7, 11) is 0. The third-order valence-corrected chi connectivity index (χ3v) is 1.45. The van der Waals surface area contributed by atoms with Gasteiger partial charge in [-0.3, -0.25) is 0 Å². The summed E-state index contributed by atoms with van der Waals surface area (Å²) >= 11 is 0. The molecule has 0 fully saturated rings. The highest BCUT2D eigenvalue weighted by Crippen LogP contribution is 1.91. The predicted octanol–water partition coefficient (Wildman–Crippen LogP) is 1.11. The molecule has 0 aliphatic rings. The van der Waals surface area contributed by atoms with Crippen molar-refractivity contribution in [2.24, 2.45) is 5.73 Å². The summed E-state index contributed by atoms with van der Waals surface area (Å²) in [5.41, 5.74) is 5.77.